The lowest BCUT2D eigenvalue weighted by molar-refractivity contribution is 0.169. The van der Waals surface area contributed by atoms with E-state index in [0.29, 0.717) is 37.0 Å². The van der Waals surface area contributed by atoms with Gasteiger partial charge in [-0.1, -0.05) is 17.3 Å². The number of likely N-dealkylation sites (tertiary alicyclic amines) is 1. The van der Waals surface area contributed by atoms with E-state index in [1.54, 1.807) is 10.6 Å². The van der Waals surface area contributed by atoms with Crippen LogP contribution in [0, 0.1) is 36.3 Å². The molecular formula is C24H26F2N4O2. The van der Waals surface area contributed by atoms with E-state index in [2.05, 4.69) is 15.1 Å². The molecule has 168 valence electrons. The van der Waals surface area contributed by atoms with Gasteiger partial charge in [0.05, 0.1) is 0 Å². The maximum atomic E-state index is 14.2. The quantitative estimate of drug-likeness (QED) is 0.535. The van der Waals surface area contributed by atoms with Crippen LogP contribution in [0.2, 0.25) is 0 Å². The molecule has 0 bridgehead atoms. The van der Waals surface area contributed by atoms with Crippen molar-refractivity contribution in [1.29, 1.82) is 0 Å². The molecule has 6 nitrogen and oxygen atoms in total. The Balaban J connectivity index is 1.41. The number of piperidine rings is 1. The van der Waals surface area contributed by atoms with E-state index >= 15 is 0 Å². The third kappa shape index (κ3) is 4.32. The first-order valence-corrected chi connectivity index (χ1v) is 10.9. The number of pyridine rings is 1. The third-order valence-electron chi connectivity index (χ3n) is 6.50. The van der Waals surface area contributed by atoms with Gasteiger partial charge < -0.3 is 4.90 Å². The summed E-state index contributed by atoms with van der Waals surface area (Å²) in [6.45, 7) is 5.95. The van der Waals surface area contributed by atoms with E-state index in [1.165, 1.54) is 6.07 Å². The van der Waals surface area contributed by atoms with Crippen molar-refractivity contribution in [2.45, 2.75) is 39.2 Å². The number of fused-ring (bicyclic) bond motifs is 1. The molecule has 0 saturated carbocycles. The first-order chi connectivity index (χ1) is 15.4. The fourth-order valence-electron chi connectivity index (χ4n) is 4.63. The van der Waals surface area contributed by atoms with E-state index in [1.807, 2.05) is 26.0 Å². The van der Waals surface area contributed by atoms with E-state index < -0.39 is 17.7 Å². The van der Waals surface area contributed by atoms with Gasteiger partial charge >= 0.3 is 0 Å². The van der Waals surface area contributed by atoms with Gasteiger partial charge in [0.2, 0.25) is 0 Å². The van der Waals surface area contributed by atoms with Crippen LogP contribution in [0.3, 0.4) is 0 Å². The molecule has 1 aliphatic rings. The summed E-state index contributed by atoms with van der Waals surface area (Å²) in [7, 11) is 0. The largest absolute Gasteiger partial charge is 0.303 e. The molecule has 3 aromatic rings. The van der Waals surface area contributed by atoms with Gasteiger partial charge in [-0.15, -0.1) is 0 Å². The predicted molar refractivity (Wildman–Crippen MR) is 119 cm³/mol. The van der Waals surface area contributed by atoms with E-state index in [-0.39, 0.29) is 17.0 Å². The van der Waals surface area contributed by atoms with Crippen molar-refractivity contribution >= 4 is 5.65 Å². The first kappa shape index (κ1) is 22.2. The molecule has 32 heavy (non-hydrogen) atoms. The van der Waals surface area contributed by atoms with Crippen LogP contribution < -0.4 is 5.56 Å². The Morgan fingerprint density at radius 3 is 2.62 bits per heavy atom. The van der Waals surface area contributed by atoms with Gasteiger partial charge in [-0.3, -0.25) is 9.20 Å². The molecule has 1 aromatic carbocycles. The smallest absolute Gasteiger partial charge is 0.261 e. The topological polar surface area (TPSA) is 67.0 Å². The number of aromatic nitrogens is 2. The van der Waals surface area contributed by atoms with Crippen molar-refractivity contribution in [1.82, 2.24) is 14.3 Å². The van der Waals surface area contributed by atoms with E-state index in [0.717, 1.165) is 36.5 Å². The number of rotatable bonds is 6. The minimum absolute atomic E-state index is 0.0388. The Hall–Kier alpha value is -3.00. The lowest BCUT2D eigenvalue weighted by Crippen LogP contribution is -2.37. The van der Waals surface area contributed by atoms with Crippen LogP contribution in [0.15, 0.2) is 46.5 Å². The molecule has 1 aliphatic heterocycles. The second-order valence-electron chi connectivity index (χ2n) is 8.51. The predicted octanol–water partition coefficient (Wildman–Crippen LogP) is 4.35. The minimum atomic E-state index is -0.822. The van der Waals surface area contributed by atoms with Crippen molar-refractivity contribution in [2.24, 2.45) is 11.1 Å². The van der Waals surface area contributed by atoms with Crippen molar-refractivity contribution in [3.8, 4) is 0 Å². The molecular weight excluding hydrogens is 414 g/mol. The van der Waals surface area contributed by atoms with Crippen molar-refractivity contribution in [3.05, 3.63) is 85.8 Å². The molecule has 2 aromatic heterocycles. The van der Waals surface area contributed by atoms with E-state index in [9.17, 15) is 18.5 Å². The molecule has 8 heteroatoms. The molecule has 4 rings (SSSR count). The molecule has 1 fully saturated rings. The first-order valence-electron chi connectivity index (χ1n) is 10.9. The highest BCUT2D eigenvalue weighted by atomic mass is 19.1. The van der Waals surface area contributed by atoms with E-state index in [4.69, 9.17) is 0 Å². The molecule has 0 N–H and O–H groups in total. The summed E-state index contributed by atoms with van der Waals surface area (Å²) in [5.74, 6) is -1.50. The Kier molecular flexibility index (Phi) is 6.41. The van der Waals surface area contributed by atoms with Crippen LogP contribution in [0.5, 0.6) is 0 Å². The van der Waals surface area contributed by atoms with Gasteiger partial charge in [-0.25, -0.2) is 13.8 Å². The molecule has 0 spiro atoms. The van der Waals surface area contributed by atoms with Crippen LogP contribution >= 0.6 is 0 Å². The van der Waals surface area contributed by atoms with Crippen LogP contribution in [0.4, 0.5) is 8.78 Å². The van der Waals surface area contributed by atoms with Gasteiger partial charge in [0.1, 0.15) is 23.3 Å². The van der Waals surface area contributed by atoms with Crippen LogP contribution in [-0.4, -0.2) is 33.9 Å². The summed E-state index contributed by atoms with van der Waals surface area (Å²) in [5, 5.41) is 3.17. The molecule has 1 unspecified atom stereocenters. The Bertz CT molecular complexity index is 1200. The number of aryl methyl sites for hydroxylation is 2. The highest BCUT2D eigenvalue weighted by molar-refractivity contribution is 5.48. The van der Waals surface area contributed by atoms with Gasteiger partial charge in [-0.2, -0.15) is 4.91 Å². The number of nitrogens with zero attached hydrogens (tertiary/aromatic N) is 4. The Labute approximate surface area is 184 Å². The molecule has 1 saturated heterocycles. The summed E-state index contributed by atoms with van der Waals surface area (Å²) in [6.07, 6.45) is 3.69. The monoisotopic (exact) mass is 440 g/mol. The zero-order valence-corrected chi connectivity index (χ0v) is 18.2. The normalized spacial score (nSPS) is 16.4. The average Bonchev–Trinajstić information content (AvgIpc) is 2.77. The Morgan fingerprint density at radius 2 is 1.94 bits per heavy atom. The molecule has 1 atom stereocenters. The summed E-state index contributed by atoms with van der Waals surface area (Å²) < 4.78 is 29.0. The summed E-state index contributed by atoms with van der Waals surface area (Å²) >= 11 is 0. The van der Waals surface area contributed by atoms with Crippen molar-refractivity contribution in [2.75, 3.05) is 19.6 Å². The van der Waals surface area contributed by atoms with Crippen LogP contribution in [-0.2, 0) is 6.42 Å². The number of nitroso groups, excluding NO2 is 1. The fourth-order valence-corrected chi connectivity index (χ4v) is 4.63. The number of hydrogen-bond acceptors (Lipinski definition) is 5. The van der Waals surface area contributed by atoms with Crippen LogP contribution in [0.25, 0.3) is 5.65 Å². The maximum Gasteiger partial charge on any atom is 0.261 e. The second kappa shape index (κ2) is 9.24. The summed E-state index contributed by atoms with van der Waals surface area (Å²) in [5.41, 5.74) is 3.20. The summed E-state index contributed by atoms with van der Waals surface area (Å²) in [4.78, 5) is 31.3. The second-order valence-corrected chi connectivity index (χ2v) is 8.51. The zero-order valence-electron chi connectivity index (χ0n) is 18.2. The number of hydrogen-bond donors (Lipinski definition) is 0. The third-order valence-corrected chi connectivity index (χ3v) is 6.50. The van der Waals surface area contributed by atoms with Crippen LogP contribution in [0.1, 0.15) is 41.3 Å². The number of benzene rings is 1. The minimum Gasteiger partial charge on any atom is -0.303 e. The van der Waals surface area contributed by atoms with Gasteiger partial charge in [0, 0.05) is 35.6 Å². The lowest BCUT2D eigenvalue weighted by Gasteiger charge is -2.34. The standard InChI is InChI=1S/C24H26F2N4O2/c1-15-4-3-10-30-23(15)27-16(2)19(24(30)31)9-13-29-11-7-17(8-12-29)22(28-32)20-6-5-18(25)14-21(20)26/h3-6,10,14,17,22H,7-9,11-13H2,1-2H3. The SMILES string of the molecule is Cc1nc2c(C)cccn2c(=O)c1CCN1CCC(C(N=O)c2ccc(F)cc2F)CC1. The lowest BCUT2D eigenvalue weighted by atomic mass is 9.85. The number of halogens is 2. The molecule has 0 aliphatic carbocycles. The molecule has 0 radical (unpaired) electrons. The van der Waals surface area contributed by atoms with Crippen molar-refractivity contribution in [3.63, 3.8) is 0 Å². The Morgan fingerprint density at radius 1 is 1.19 bits per heavy atom. The highest BCUT2D eigenvalue weighted by Gasteiger charge is 2.30. The maximum absolute atomic E-state index is 14.2. The van der Waals surface area contributed by atoms with Gasteiger partial charge in [0.25, 0.3) is 5.56 Å². The van der Waals surface area contributed by atoms with Gasteiger partial charge in [0.15, 0.2) is 0 Å². The summed E-state index contributed by atoms with van der Waals surface area (Å²) in [6, 6.07) is 6.22. The fraction of sp³-hybridized carbons (Fsp3) is 0.417. The van der Waals surface area contributed by atoms with Crippen molar-refractivity contribution < 1.29 is 8.78 Å². The molecule has 0 amide bonds. The molecule has 3 heterocycles. The zero-order chi connectivity index (χ0) is 22.8. The van der Waals surface area contributed by atoms with Gasteiger partial charge in [-0.05, 0) is 69.8 Å². The highest BCUT2D eigenvalue weighted by Crippen LogP contribution is 2.35. The average molecular weight is 440 g/mol.